The third kappa shape index (κ3) is 5.37. The van der Waals surface area contributed by atoms with Gasteiger partial charge in [0.2, 0.25) is 0 Å². The van der Waals surface area contributed by atoms with E-state index in [1.807, 2.05) is 42.5 Å². The second kappa shape index (κ2) is 9.85. The minimum atomic E-state index is -2.33. The van der Waals surface area contributed by atoms with Crippen molar-refractivity contribution in [1.29, 1.82) is 0 Å². The molecule has 160 valence electrons. The highest BCUT2D eigenvalue weighted by Gasteiger charge is 2.21. The van der Waals surface area contributed by atoms with Crippen LogP contribution in [0.15, 0.2) is 72.8 Å². The average molecular weight is 437 g/mol. The second-order valence-electron chi connectivity index (χ2n) is 7.50. The van der Waals surface area contributed by atoms with Crippen LogP contribution in [0, 0.1) is 0 Å². The van der Waals surface area contributed by atoms with Crippen molar-refractivity contribution in [2.45, 2.75) is 38.2 Å². The summed E-state index contributed by atoms with van der Waals surface area (Å²) >= 11 is -2.33. The molecule has 1 aliphatic rings. The Labute approximate surface area is 184 Å². The monoisotopic (exact) mass is 436 g/mol. The van der Waals surface area contributed by atoms with E-state index in [0.717, 1.165) is 36.8 Å². The summed E-state index contributed by atoms with van der Waals surface area (Å²) in [7, 11) is 0. The van der Waals surface area contributed by atoms with E-state index in [4.69, 9.17) is 4.74 Å². The Bertz CT molecular complexity index is 1050. The SMILES string of the molecule is O=C(Cc1cccc(N(c2ccc(-c3ccccc3)cc2)S(=O)O)n1)OC1CCCC1. The molecular formula is C24H24N2O4S. The maximum absolute atomic E-state index is 12.2. The van der Waals surface area contributed by atoms with Gasteiger partial charge in [-0.25, -0.2) is 13.5 Å². The number of carbonyl (C=O) groups is 1. The molecule has 0 saturated heterocycles. The molecule has 0 bridgehead atoms. The fourth-order valence-corrected chi connectivity index (χ4v) is 4.35. The van der Waals surface area contributed by atoms with Crippen molar-refractivity contribution >= 4 is 28.7 Å². The van der Waals surface area contributed by atoms with Crippen molar-refractivity contribution in [2.75, 3.05) is 4.31 Å². The molecule has 1 N–H and O–H groups in total. The van der Waals surface area contributed by atoms with E-state index in [1.165, 1.54) is 4.31 Å². The first kappa shape index (κ1) is 21.2. The van der Waals surface area contributed by atoms with Crippen LogP contribution < -0.4 is 4.31 Å². The van der Waals surface area contributed by atoms with Gasteiger partial charge in [-0.05, 0) is 61.1 Å². The molecule has 1 fully saturated rings. The standard InChI is InChI=1S/C24H24N2O4S/c27-24(30-22-10-4-5-11-22)17-20-9-6-12-23(25-20)26(31(28)29)21-15-13-19(14-16-21)18-7-2-1-3-8-18/h1-3,6-9,12-16,22H,4-5,10-11,17H2,(H,28,29). The summed E-state index contributed by atoms with van der Waals surface area (Å²) in [6, 6.07) is 22.3. The molecule has 1 atom stereocenters. The number of carbonyl (C=O) groups excluding carboxylic acids is 1. The lowest BCUT2D eigenvalue weighted by atomic mass is 10.1. The number of anilines is 2. The van der Waals surface area contributed by atoms with Gasteiger partial charge in [0.05, 0.1) is 17.8 Å². The number of rotatable bonds is 7. The smallest absolute Gasteiger partial charge is 0.312 e. The van der Waals surface area contributed by atoms with Gasteiger partial charge in [-0.2, -0.15) is 0 Å². The molecule has 1 unspecified atom stereocenters. The zero-order valence-electron chi connectivity index (χ0n) is 17.0. The number of benzene rings is 2. The van der Waals surface area contributed by atoms with E-state index in [0.29, 0.717) is 17.2 Å². The molecule has 1 aliphatic carbocycles. The van der Waals surface area contributed by atoms with Gasteiger partial charge in [-0.15, -0.1) is 0 Å². The molecule has 0 spiro atoms. The predicted octanol–water partition coefficient (Wildman–Crippen LogP) is 5.05. The number of pyridine rings is 1. The van der Waals surface area contributed by atoms with Gasteiger partial charge in [0.25, 0.3) is 11.3 Å². The van der Waals surface area contributed by atoms with E-state index in [1.54, 1.807) is 30.3 Å². The molecule has 31 heavy (non-hydrogen) atoms. The zero-order valence-corrected chi connectivity index (χ0v) is 17.8. The van der Waals surface area contributed by atoms with Crippen LogP contribution in [0.3, 0.4) is 0 Å². The third-order valence-corrected chi connectivity index (χ3v) is 6.00. The Morgan fingerprint density at radius 3 is 2.32 bits per heavy atom. The lowest BCUT2D eigenvalue weighted by molar-refractivity contribution is -0.147. The third-order valence-electron chi connectivity index (χ3n) is 5.29. The molecule has 0 amide bonds. The van der Waals surface area contributed by atoms with Gasteiger partial charge < -0.3 is 4.74 Å². The van der Waals surface area contributed by atoms with Gasteiger partial charge in [0.15, 0.2) is 0 Å². The Kier molecular flexibility index (Phi) is 6.74. The van der Waals surface area contributed by atoms with Gasteiger partial charge >= 0.3 is 5.97 Å². The minimum absolute atomic E-state index is 0.000237. The van der Waals surface area contributed by atoms with Crippen LogP contribution in [0.5, 0.6) is 0 Å². The molecule has 1 heterocycles. The van der Waals surface area contributed by atoms with Crippen LogP contribution >= 0.6 is 0 Å². The number of hydrogen-bond donors (Lipinski definition) is 1. The molecule has 7 heteroatoms. The quantitative estimate of drug-likeness (QED) is 0.414. The molecule has 1 saturated carbocycles. The average Bonchev–Trinajstić information content (AvgIpc) is 3.28. The minimum Gasteiger partial charge on any atom is -0.462 e. The number of aromatic nitrogens is 1. The summed E-state index contributed by atoms with van der Waals surface area (Å²) in [5, 5.41) is 0. The van der Waals surface area contributed by atoms with Crippen LogP contribution in [-0.2, 0) is 27.2 Å². The van der Waals surface area contributed by atoms with Crippen LogP contribution in [0.1, 0.15) is 31.4 Å². The normalized spacial score (nSPS) is 14.9. The number of hydrogen-bond acceptors (Lipinski definition) is 4. The Morgan fingerprint density at radius 1 is 0.968 bits per heavy atom. The summed E-state index contributed by atoms with van der Waals surface area (Å²) in [6.07, 6.45) is 4.03. The van der Waals surface area contributed by atoms with Crippen LogP contribution in [0.2, 0.25) is 0 Å². The topological polar surface area (TPSA) is 79.7 Å². The molecule has 2 aromatic carbocycles. The van der Waals surface area contributed by atoms with Crippen LogP contribution in [0.25, 0.3) is 11.1 Å². The molecule has 4 rings (SSSR count). The summed E-state index contributed by atoms with van der Waals surface area (Å²) in [5.74, 6) is -0.0279. The highest BCUT2D eigenvalue weighted by Crippen LogP contribution is 2.28. The Balaban J connectivity index is 1.52. The Hall–Kier alpha value is -3.03. The number of esters is 1. The first-order valence-corrected chi connectivity index (χ1v) is 11.4. The lowest BCUT2D eigenvalue weighted by Gasteiger charge is -2.20. The van der Waals surface area contributed by atoms with Gasteiger partial charge in [-0.3, -0.25) is 9.35 Å². The fraction of sp³-hybridized carbons (Fsp3) is 0.250. The molecule has 6 nitrogen and oxygen atoms in total. The van der Waals surface area contributed by atoms with E-state index < -0.39 is 11.3 Å². The van der Waals surface area contributed by atoms with Gasteiger partial charge in [-0.1, -0.05) is 48.5 Å². The van der Waals surface area contributed by atoms with E-state index >= 15 is 0 Å². The van der Waals surface area contributed by atoms with E-state index in [9.17, 15) is 13.6 Å². The van der Waals surface area contributed by atoms with Crippen molar-refractivity contribution in [1.82, 2.24) is 4.98 Å². The summed E-state index contributed by atoms with van der Waals surface area (Å²) in [5.41, 5.74) is 3.09. The van der Waals surface area contributed by atoms with E-state index in [2.05, 4.69) is 4.98 Å². The van der Waals surface area contributed by atoms with Crippen molar-refractivity contribution in [2.24, 2.45) is 0 Å². The van der Waals surface area contributed by atoms with Crippen molar-refractivity contribution in [3.8, 4) is 11.1 Å². The first-order valence-electron chi connectivity index (χ1n) is 10.3. The molecule has 0 aliphatic heterocycles. The largest absolute Gasteiger partial charge is 0.462 e. The van der Waals surface area contributed by atoms with Crippen molar-refractivity contribution in [3.05, 3.63) is 78.5 Å². The molecule has 0 radical (unpaired) electrons. The highest BCUT2D eigenvalue weighted by molar-refractivity contribution is 7.81. The maximum Gasteiger partial charge on any atom is 0.312 e. The van der Waals surface area contributed by atoms with Crippen LogP contribution in [0.4, 0.5) is 11.5 Å². The maximum atomic E-state index is 12.2. The first-order chi connectivity index (χ1) is 15.1. The molecule has 3 aromatic rings. The summed E-state index contributed by atoms with van der Waals surface area (Å²) < 4.78 is 28.8. The number of nitrogens with zero attached hydrogens (tertiary/aromatic N) is 2. The molecule has 1 aromatic heterocycles. The second-order valence-corrected chi connectivity index (χ2v) is 8.32. The lowest BCUT2D eigenvalue weighted by Crippen LogP contribution is -2.21. The number of ether oxygens (including phenoxy) is 1. The summed E-state index contributed by atoms with van der Waals surface area (Å²) in [4.78, 5) is 16.7. The van der Waals surface area contributed by atoms with Gasteiger partial charge in [0.1, 0.15) is 11.9 Å². The molecular weight excluding hydrogens is 412 g/mol. The van der Waals surface area contributed by atoms with E-state index in [-0.39, 0.29) is 18.5 Å². The predicted molar refractivity (Wildman–Crippen MR) is 121 cm³/mol. The van der Waals surface area contributed by atoms with Crippen LogP contribution in [-0.4, -0.2) is 25.8 Å². The van der Waals surface area contributed by atoms with Crippen molar-refractivity contribution in [3.63, 3.8) is 0 Å². The summed E-state index contributed by atoms with van der Waals surface area (Å²) in [6.45, 7) is 0. The fourth-order valence-electron chi connectivity index (χ4n) is 3.78. The highest BCUT2D eigenvalue weighted by atomic mass is 32.2. The van der Waals surface area contributed by atoms with Gasteiger partial charge in [0, 0.05) is 0 Å². The zero-order chi connectivity index (χ0) is 21.6. The Morgan fingerprint density at radius 2 is 1.65 bits per heavy atom. The van der Waals surface area contributed by atoms with Crippen molar-refractivity contribution < 1.29 is 18.3 Å².